The number of methoxy groups -OCH3 is 1. The number of ether oxygens (including phenoxy) is 1. The summed E-state index contributed by atoms with van der Waals surface area (Å²) in [6.45, 7) is 2.51. The number of carbonyl (C=O) groups is 2. The number of hydrogen-bond acceptors (Lipinski definition) is 5. The Labute approximate surface area is 263 Å². The Morgan fingerprint density at radius 3 is 1.93 bits per heavy atom. The number of rotatable bonds is 11. The van der Waals surface area contributed by atoms with Crippen LogP contribution in [-0.4, -0.2) is 36.7 Å². The zero-order valence-electron chi connectivity index (χ0n) is 25.4. The summed E-state index contributed by atoms with van der Waals surface area (Å²) in [5.41, 5.74) is 8.39. The first-order valence-electron chi connectivity index (χ1n) is 15.0. The van der Waals surface area contributed by atoms with Crippen LogP contribution in [0, 0.1) is 0 Å². The second-order valence-corrected chi connectivity index (χ2v) is 10.7. The summed E-state index contributed by atoms with van der Waals surface area (Å²) in [6, 6.07) is 36.2. The molecule has 9 heteroatoms. The molecule has 1 unspecified atom stereocenters. The molecule has 5 aromatic rings. The number of hydrazine groups is 1. The molecule has 0 fully saturated rings. The molecule has 0 aliphatic rings. The molecule has 1 heterocycles. The molecule has 4 amide bonds. The highest BCUT2D eigenvalue weighted by Crippen LogP contribution is 2.36. The maximum atomic E-state index is 13.3. The van der Waals surface area contributed by atoms with Crippen LogP contribution in [0.2, 0.25) is 0 Å². The van der Waals surface area contributed by atoms with Gasteiger partial charge >= 0.3 is 12.1 Å². The van der Waals surface area contributed by atoms with E-state index in [0.29, 0.717) is 6.54 Å². The largest absolute Gasteiger partial charge is 0.497 e. The van der Waals surface area contributed by atoms with E-state index in [4.69, 9.17) is 4.74 Å². The highest BCUT2D eigenvalue weighted by Gasteiger charge is 2.38. The van der Waals surface area contributed by atoms with Crippen LogP contribution < -0.4 is 31.5 Å². The molecule has 45 heavy (non-hydrogen) atoms. The first-order chi connectivity index (χ1) is 22.0. The SMILES string of the molecule is COc1cc(NC(C)CCCNC(=O)NNC(=O)NC(c2ccccc2)(c2ccccc2)c2ccccc2)c2ncccc2c1. The van der Waals surface area contributed by atoms with Gasteiger partial charge in [-0.15, -0.1) is 0 Å². The van der Waals surface area contributed by atoms with Gasteiger partial charge in [0.25, 0.3) is 0 Å². The van der Waals surface area contributed by atoms with Crippen molar-refractivity contribution in [1.82, 2.24) is 26.5 Å². The van der Waals surface area contributed by atoms with Crippen LogP contribution >= 0.6 is 0 Å². The lowest BCUT2D eigenvalue weighted by Gasteiger charge is -2.36. The van der Waals surface area contributed by atoms with Gasteiger partial charge in [-0.1, -0.05) is 97.1 Å². The van der Waals surface area contributed by atoms with Crippen LogP contribution in [0.15, 0.2) is 121 Å². The van der Waals surface area contributed by atoms with Gasteiger partial charge < -0.3 is 20.7 Å². The highest BCUT2D eigenvalue weighted by molar-refractivity contribution is 5.92. The molecule has 0 radical (unpaired) electrons. The molecule has 0 spiro atoms. The van der Waals surface area contributed by atoms with Crippen molar-refractivity contribution < 1.29 is 14.3 Å². The molecule has 4 aromatic carbocycles. The monoisotopic (exact) mass is 602 g/mol. The van der Waals surface area contributed by atoms with Gasteiger partial charge in [0, 0.05) is 30.2 Å². The number of carbonyl (C=O) groups excluding carboxylic acids is 2. The summed E-state index contributed by atoms with van der Waals surface area (Å²) in [6.07, 6.45) is 3.29. The third kappa shape index (κ3) is 7.51. The topological polar surface area (TPSA) is 116 Å². The minimum atomic E-state index is -1.00. The van der Waals surface area contributed by atoms with E-state index in [1.165, 1.54) is 0 Å². The molecule has 9 nitrogen and oxygen atoms in total. The van der Waals surface area contributed by atoms with Crippen LogP contribution in [0.25, 0.3) is 10.9 Å². The number of pyridine rings is 1. The molecule has 0 saturated carbocycles. The molecule has 230 valence electrons. The minimum Gasteiger partial charge on any atom is -0.497 e. The summed E-state index contributed by atoms with van der Waals surface area (Å²) in [7, 11) is 1.65. The first-order valence-corrected chi connectivity index (χ1v) is 15.0. The maximum absolute atomic E-state index is 13.3. The van der Waals surface area contributed by atoms with Crippen LogP contribution in [0.5, 0.6) is 5.75 Å². The van der Waals surface area contributed by atoms with Crippen molar-refractivity contribution in [2.75, 3.05) is 19.0 Å². The number of anilines is 1. The van der Waals surface area contributed by atoms with Crippen LogP contribution in [-0.2, 0) is 5.54 Å². The lowest BCUT2D eigenvalue weighted by atomic mass is 9.77. The normalized spacial score (nSPS) is 11.7. The number of hydrogen-bond donors (Lipinski definition) is 5. The summed E-state index contributed by atoms with van der Waals surface area (Å²) < 4.78 is 5.45. The Morgan fingerprint density at radius 1 is 0.778 bits per heavy atom. The van der Waals surface area contributed by atoms with E-state index < -0.39 is 17.6 Å². The van der Waals surface area contributed by atoms with Crippen LogP contribution in [0.3, 0.4) is 0 Å². The standard InChI is InChI=1S/C36H38N6O3/c1-26(39-32-25-31(45-2)24-27-15-13-22-37-33(27)32)14-12-23-38-34(43)41-42-35(44)40-36(28-16-6-3-7-17-28,29-18-8-4-9-19-29)30-20-10-5-11-21-30/h3-11,13,15-22,24-26,39H,12,14,23H2,1-2H3,(H2,38,41,43)(H2,40,42,44). The van der Waals surface area contributed by atoms with Crippen molar-refractivity contribution >= 4 is 28.7 Å². The van der Waals surface area contributed by atoms with Crippen molar-refractivity contribution in [2.45, 2.75) is 31.3 Å². The van der Waals surface area contributed by atoms with Crippen molar-refractivity contribution in [2.24, 2.45) is 0 Å². The van der Waals surface area contributed by atoms with Crippen LogP contribution in [0.4, 0.5) is 15.3 Å². The average molecular weight is 603 g/mol. The molecule has 1 atom stereocenters. The fourth-order valence-electron chi connectivity index (χ4n) is 5.48. The van der Waals surface area contributed by atoms with Crippen molar-refractivity contribution in [3.05, 3.63) is 138 Å². The summed E-state index contributed by atoms with van der Waals surface area (Å²) >= 11 is 0. The first kappa shape index (κ1) is 30.9. The quantitative estimate of drug-likeness (QED) is 0.0689. The molecule has 1 aromatic heterocycles. The van der Waals surface area contributed by atoms with E-state index in [1.807, 2.05) is 115 Å². The van der Waals surface area contributed by atoms with Gasteiger partial charge in [0.05, 0.1) is 18.3 Å². The van der Waals surface area contributed by atoms with E-state index in [9.17, 15) is 9.59 Å². The summed E-state index contributed by atoms with van der Waals surface area (Å²) in [5.74, 6) is 0.758. The third-order valence-electron chi connectivity index (χ3n) is 7.63. The summed E-state index contributed by atoms with van der Waals surface area (Å²) in [4.78, 5) is 30.4. The number of urea groups is 2. The molecular weight excluding hydrogens is 564 g/mol. The van der Waals surface area contributed by atoms with Crippen molar-refractivity contribution in [1.29, 1.82) is 0 Å². The molecule has 0 saturated heterocycles. The number of aromatic nitrogens is 1. The zero-order chi connectivity index (χ0) is 31.5. The maximum Gasteiger partial charge on any atom is 0.334 e. The van der Waals surface area contributed by atoms with Gasteiger partial charge in [-0.25, -0.2) is 20.4 Å². The van der Waals surface area contributed by atoms with Crippen LogP contribution in [0.1, 0.15) is 36.5 Å². The zero-order valence-corrected chi connectivity index (χ0v) is 25.4. The lowest BCUT2D eigenvalue weighted by Crippen LogP contribution is -2.56. The predicted molar refractivity (Wildman–Crippen MR) is 178 cm³/mol. The van der Waals surface area contributed by atoms with E-state index in [-0.39, 0.29) is 6.04 Å². The van der Waals surface area contributed by atoms with Crippen molar-refractivity contribution in [3.8, 4) is 5.75 Å². The van der Waals surface area contributed by atoms with E-state index in [0.717, 1.165) is 51.9 Å². The molecule has 5 rings (SSSR count). The Hall–Kier alpha value is -5.57. The Morgan fingerprint density at radius 2 is 1.36 bits per heavy atom. The number of fused-ring (bicyclic) bond motifs is 1. The summed E-state index contributed by atoms with van der Waals surface area (Å²) in [5, 5.41) is 10.5. The van der Waals surface area contributed by atoms with E-state index in [2.05, 4.69) is 38.7 Å². The molecule has 0 aliphatic heterocycles. The number of benzene rings is 4. The third-order valence-corrected chi connectivity index (χ3v) is 7.63. The van der Waals surface area contributed by atoms with Gasteiger partial charge in [0.15, 0.2) is 0 Å². The highest BCUT2D eigenvalue weighted by atomic mass is 16.5. The minimum absolute atomic E-state index is 0.123. The molecule has 5 N–H and O–H groups in total. The number of nitrogens with zero attached hydrogens (tertiary/aromatic N) is 1. The lowest BCUT2D eigenvalue weighted by molar-refractivity contribution is 0.220. The predicted octanol–water partition coefficient (Wildman–Crippen LogP) is 6.33. The van der Waals surface area contributed by atoms with E-state index >= 15 is 0 Å². The number of nitrogens with one attached hydrogen (secondary N) is 5. The molecule has 0 aliphatic carbocycles. The van der Waals surface area contributed by atoms with Gasteiger partial charge in [-0.05, 0) is 48.6 Å². The molecular formula is C36H38N6O3. The van der Waals surface area contributed by atoms with E-state index in [1.54, 1.807) is 13.3 Å². The van der Waals surface area contributed by atoms with Gasteiger partial charge in [-0.3, -0.25) is 4.98 Å². The smallest absolute Gasteiger partial charge is 0.334 e. The Balaban J connectivity index is 1.16. The fourth-order valence-corrected chi connectivity index (χ4v) is 5.48. The number of amides is 4. The van der Waals surface area contributed by atoms with Gasteiger partial charge in [-0.2, -0.15) is 0 Å². The molecule has 0 bridgehead atoms. The Kier molecular flexibility index (Phi) is 10.1. The van der Waals surface area contributed by atoms with Gasteiger partial charge in [0.2, 0.25) is 0 Å². The second-order valence-electron chi connectivity index (χ2n) is 10.7. The van der Waals surface area contributed by atoms with Gasteiger partial charge in [0.1, 0.15) is 11.3 Å². The average Bonchev–Trinajstić information content (AvgIpc) is 3.09. The second kappa shape index (κ2) is 14.7. The fraction of sp³-hybridized carbons (Fsp3) is 0.194. The Bertz CT molecular complexity index is 1600. The van der Waals surface area contributed by atoms with Crippen molar-refractivity contribution in [3.63, 3.8) is 0 Å².